The first-order valence-electron chi connectivity index (χ1n) is 12.6. The molecule has 0 radical (unpaired) electrons. The van der Waals surface area contributed by atoms with Gasteiger partial charge in [0.15, 0.2) is 5.78 Å². The van der Waals surface area contributed by atoms with Crippen LogP contribution in [0.5, 0.6) is 5.75 Å². The van der Waals surface area contributed by atoms with Crippen LogP contribution < -0.4 is 15.4 Å². The minimum absolute atomic E-state index is 0.114. The molecule has 4 rings (SSSR count). The number of para-hydroxylation sites is 1. The van der Waals surface area contributed by atoms with Crippen LogP contribution in [0.3, 0.4) is 0 Å². The van der Waals surface area contributed by atoms with Crippen LogP contribution in [0.25, 0.3) is 0 Å². The Labute approximate surface area is 223 Å². The van der Waals surface area contributed by atoms with Crippen molar-refractivity contribution in [1.82, 2.24) is 5.32 Å². The summed E-state index contributed by atoms with van der Waals surface area (Å²) in [6.07, 6.45) is 0.388. The molecule has 0 saturated carbocycles. The van der Waals surface area contributed by atoms with Crippen LogP contribution in [0, 0.1) is 0 Å². The molecule has 38 heavy (non-hydrogen) atoms. The molecule has 0 amide bonds. The van der Waals surface area contributed by atoms with Gasteiger partial charge in [0, 0.05) is 36.3 Å². The van der Waals surface area contributed by atoms with Gasteiger partial charge in [-0.05, 0) is 35.4 Å². The third kappa shape index (κ3) is 7.54. The van der Waals surface area contributed by atoms with E-state index in [2.05, 4.69) is 22.8 Å². The second-order valence-electron chi connectivity index (χ2n) is 8.82. The molecule has 4 aromatic carbocycles. The fourth-order valence-electron chi connectivity index (χ4n) is 4.10. The number of hydrogen-bond donors (Lipinski definition) is 2. The molecule has 0 aliphatic carbocycles. The predicted octanol–water partition coefficient (Wildman–Crippen LogP) is 5.28. The highest BCUT2D eigenvalue weighted by Crippen LogP contribution is 2.22. The number of hydrogen-bond acceptors (Lipinski definition) is 6. The Balaban J connectivity index is 1.35. The number of carbonyl (C=O) groups is 2. The van der Waals surface area contributed by atoms with Crippen LogP contribution in [0.4, 0.5) is 5.69 Å². The van der Waals surface area contributed by atoms with Crippen molar-refractivity contribution >= 4 is 17.4 Å². The van der Waals surface area contributed by atoms with Crippen LogP contribution in [0.15, 0.2) is 109 Å². The molecule has 6 nitrogen and oxygen atoms in total. The highest BCUT2D eigenvalue weighted by Gasteiger charge is 2.22. The van der Waals surface area contributed by atoms with E-state index in [4.69, 9.17) is 9.47 Å². The Hall–Kier alpha value is -4.42. The number of ketones is 1. The summed E-state index contributed by atoms with van der Waals surface area (Å²) in [5.74, 6) is 0.241. The maximum Gasteiger partial charge on any atom is 0.328 e. The van der Waals surface area contributed by atoms with Crippen molar-refractivity contribution < 1.29 is 19.1 Å². The molecular formula is C32H32N2O4. The first-order chi connectivity index (χ1) is 18.6. The van der Waals surface area contributed by atoms with Gasteiger partial charge in [-0.1, -0.05) is 84.9 Å². The SMILES string of the molecule is COC(=O)[C@H](Cc1ccc(OCCNCc2ccccc2)cc1)Nc1ccccc1C(=O)c1ccccc1. The van der Waals surface area contributed by atoms with Gasteiger partial charge in [0.2, 0.25) is 0 Å². The topological polar surface area (TPSA) is 76.7 Å². The van der Waals surface area contributed by atoms with Gasteiger partial charge < -0.3 is 20.1 Å². The summed E-state index contributed by atoms with van der Waals surface area (Å²) in [7, 11) is 1.36. The molecule has 0 aliphatic rings. The lowest BCUT2D eigenvalue weighted by atomic mass is 10.00. The summed E-state index contributed by atoms with van der Waals surface area (Å²) in [6, 6.07) is 33.5. The van der Waals surface area contributed by atoms with Gasteiger partial charge in [0.25, 0.3) is 0 Å². The molecule has 0 heterocycles. The average Bonchev–Trinajstić information content (AvgIpc) is 2.98. The van der Waals surface area contributed by atoms with E-state index in [-0.39, 0.29) is 5.78 Å². The lowest BCUT2D eigenvalue weighted by Gasteiger charge is -2.20. The van der Waals surface area contributed by atoms with Crippen molar-refractivity contribution in [2.75, 3.05) is 25.6 Å². The molecule has 194 valence electrons. The number of benzene rings is 4. The summed E-state index contributed by atoms with van der Waals surface area (Å²) in [5, 5.41) is 6.60. The van der Waals surface area contributed by atoms with Crippen molar-refractivity contribution in [2.45, 2.75) is 19.0 Å². The average molecular weight is 509 g/mol. The molecule has 1 atom stereocenters. The Kier molecular flexibility index (Phi) is 9.65. The van der Waals surface area contributed by atoms with E-state index >= 15 is 0 Å². The minimum atomic E-state index is -0.668. The van der Waals surface area contributed by atoms with Gasteiger partial charge in [-0.2, -0.15) is 0 Å². The first-order valence-corrected chi connectivity index (χ1v) is 12.6. The number of carbonyl (C=O) groups excluding carboxylic acids is 2. The van der Waals surface area contributed by atoms with Crippen LogP contribution in [0.2, 0.25) is 0 Å². The minimum Gasteiger partial charge on any atom is -0.492 e. The third-order valence-electron chi connectivity index (χ3n) is 6.11. The normalized spacial score (nSPS) is 11.4. The van der Waals surface area contributed by atoms with Crippen molar-refractivity contribution in [1.29, 1.82) is 0 Å². The fraction of sp³-hybridized carbons (Fsp3) is 0.188. The predicted molar refractivity (Wildman–Crippen MR) is 150 cm³/mol. The van der Waals surface area contributed by atoms with Crippen molar-refractivity contribution in [2.24, 2.45) is 0 Å². The van der Waals surface area contributed by atoms with Gasteiger partial charge in [-0.15, -0.1) is 0 Å². The Bertz CT molecular complexity index is 1310. The number of rotatable bonds is 13. The van der Waals surface area contributed by atoms with E-state index in [1.165, 1.54) is 12.7 Å². The van der Waals surface area contributed by atoms with Gasteiger partial charge in [0.1, 0.15) is 18.4 Å². The monoisotopic (exact) mass is 508 g/mol. The van der Waals surface area contributed by atoms with Crippen LogP contribution in [0.1, 0.15) is 27.0 Å². The number of esters is 1. The zero-order valence-electron chi connectivity index (χ0n) is 21.4. The first kappa shape index (κ1) is 26.6. The van der Waals surface area contributed by atoms with Gasteiger partial charge in [-0.25, -0.2) is 4.79 Å². The van der Waals surface area contributed by atoms with Crippen molar-refractivity contribution in [3.05, 3.63) is 131 Å². The molecule has 0 unspecified atom stereocenters. The zero-order valence-corrected chi connectivity index (χ0v) is 21.4. The zero-order chi connectivity index (χ0) is 26.6. The molecule has 0 aromatic heterocycles. The van der Waals surface area contributed by atoms with Crippen LogP contribution >= 0.6 is 0 Å². The van der Waals surface area contributed by atoms with Crippen LogP contribution in [-0.4, -0.2) is 38.1 Å². The second kappa shape index (κ2) is 13.8. The Morgan fingerprint density at radius 2 is 1.42 bits per heavy atom. The molecule has 2 N–H and O–H groups in total. The van der Waals surface area contributed by atoms with E-state index in [0.29, 0.717) is 29.8 Å². The van der Waals surface area contributed by atoms with Crippen LogP contribution in [-0.2, 0) is 22.5 Å². The van der Waals surface area contributed by atoms with E-state index in [1.54, 1.807) is 24.3 Å². The molecule has 4 aromatic rings. The fourth-order valence-corrected chi connectivity index (χ4v) is 4.10. The molecular weight excluding hydrogens is 476 g/mol. The van der Waals surface area contributed by atoms with Crippen molar-refractivity contribution in [3.63, 3.8) is 0 Å². The number of anilines is 1. The van der Waals surface area contributed by atoms with E-state index in [1.807, 2.05) is 72.8 Å². The summed E-state index contributed by atoms with van der Waals surface area (Å²) in [5.41, 5.74) is 3.84. The number of nitrogens with one attached hydrogen (secondary N) is 2. The lowest BCUT2D eigenvalue weighted by Crippen LogP contribution is -2.33. The molecule has 0 spiro atoms. The largest absolute Gasteiger partial charge is 0.492 e. The van der Waals surface area contributed by atoms with E-state index in [0.717, 1.165) is 24.4 Å². The standard InChI is InChI=1S/C32H32N2O4/c1-37-32(36)30(34-29-15-9-8-14-28(29)31(35)26-12-6-3-7-13-26)22-24-16-18-27(19-17-24)38-21-20-33-23-25-10-4-2-5-11-25/h2-19,30,33-34H,20-23H2,1H3/t30-/m0/s1. The molecule has 6 heteroatoms. The molecule has 0 bridgehead atoms. The maximum absolute atomic E-state index is 13.1. The van der Waals surface area contributed by atoms with Gasteiger partial charge >= 0.3 is 5.97 Å². The summed E-state index contributed by atoms with van der Waals surface area (Å²) < 4.78 is 10.9. The van der Waals surface area contributed by atoms with Gasteiger partial charge in [-0.3, -0.25) is 4.79 Å². The third-order valence-corrected chi connectivity index (χ3v) is 6.11. The summed E-state index contributed by atoms with van der Waals surface area (Å²) >= 11 is 0. The highest BCUT2D eigenvalue weighted by atomic mass is 16.5. The highest BCUT2D eigenvalue weighted by molar-refractivity contribution is 6.12. The van der Waals surface area contributed by atoms with Gasteiger partial charge in [0.05, 0.1) is 7.11 Å². The molecule has 0 saturated heterocycles. The molecule has 0 fully saturated rings. The Morgan fingerprint density at radius 3 is 2.13 bits per heavy atom. The smallest absolute Gasteiger partial charge is 0.328 e. The summed E-state index contributed by atoms with van der Waals surface area (Å²) in [4.78, 5) is 25.8. The second-order valence-corrected chi connectivity index (χ2v) is 8.82. The van der Waals surface area contributed by atoms with E-state index < -0.39 is 12.0 Å². The maximum atomic E-state index is 13.1. The lowest BCUT2D eigenvalue weighted by molar-refractivity contribution is -0.141. The Morgan fingerprint density at radius 1 is 0.763 bits per heavy atom. The van der Waals surface area contributed by atoms with E-state index in [9.17, 15) is 9.59 Å². The summed E-state index contributed by atoms with van der Waals surface area (Å²) in [6.45, 7) is 2.07. The quantitative estimate of drug-likeness (QED) is 0.145. The van der Waals surface area contributed by atoms with Crippen molar-refractivity contribution in [3.8, 4) is 5.75 Å². The number of methoxy groups -OCH3 is 1. The number of ether oxygens (including phenoxy) is 2. The molecule has 0 aliphatic heterocycles.